The second-order valence-electron chi connectivity index (χ2n) is 2.56. The molecule has 0 amide bonds. The summed E-state index contributed by atoms with van der Waals surface area (Å²) in [6.45, 7) is 2.46. The number of halogens is 2. The lowest BCUT2D eigenvalue weighted by molar-refractivity contribution is 0.964. The number of H-pyrrole nitrogens is 1. The molecule has 13 heavy (non-hydrogen) atoms. The number of aromatic nitrogens is 2. The van der Waals surface area contributed by atoms with Crippen LogP contribution in [0.25, 0.3) is 0 Å². The molecular formula is C7H9ClIN3O. The molecule has 1 rings (SSSR count). The molecular weight excluding hydrogens is 304 g/mol. The predicted octanol–water partition coefficient (Wildman–Crippen LogP) is 1.41. The molecule has 0 spiro atoms. The van der Waals surface area contributed by atoms with Crippen LogP contribution >= 0.6 is 34.2 Å². The summed E-state index contributed by atoms with van der Waals surface area (Å²) in [7, 11) is 0. The van der Waals surface area contributed by atoms with Crippen LogP contribution in [0.5, 0.6) is 0 Å². The van der Waals surface area contributed by atoms with Gasteiger partial charge in [0.25, 0.3) is 5.56 Å². The number of alkyl halides is 1. The highest BCUT2D eigenvalue weighted by atomic mass is 127. The van der Waals surface area contributed by atoms with E-state index in [2.05, 4.69) is 15.3 Å². The Morgan fingerprint density at radius 1 is 1.85 bits per heavy atom. The maximum atomic E-state index is 11.1. The SMILES string of the molecule is CC(Cl)CNc1nc[nH]c(=O)c1I. The van der Waals surface area contributed by atoms with Crippen LogP contribution in [0, 0.1) is 3.57 Å². The van der Waals surface area contributed by atoms with Gasteiger partial charge in [0.1, 0.15) is 9.39 Å². The van der Waals surface area contributed by atoms with Crippen LogP contribution < -0.4 is 10.9 Å². The minimum Gasteiger partial charge on any atom is -0.368 e. The van der Waals surface area contributed by atoms with Gasteiger partial charge in [-0.05, 0) is 29.5 Å². The lowest BCUT2D eigenvalue weighted by atomic mass is 10.4. The Bertz CT molecular complexity index is 339. The largest absolute Gasteiger partial charge is 0.368 e. The molecule has 1 aromatic rings. The normalized spacial score (nSPS) is 12.5. The zero-order valence-corrected chi connectivity index (χ0v) is 9.89. The third-order valence-electron chi connectivity index (χ3n) is 1.35. The van der Waals surface area contributed by atoms with Crippen molar-refractivity contribution in [2.45, 2.75) is 12.3 Å². The van der Waals surface area contributed by atoms with E-state index in [4.69, 9.17) is 11.6 Å². The maximum absolute atomic E-state index is 11.1. The molecule has 6 heteroatoms. The zero-order chi connectivity index (χ0) is 9.84. The van der Waals surface area contributed by atoms with Gasteiger partial charge in [0.15, 0.2) is 0 Å². The van der Waals surface area contributed by atoms with Crippen LogP contribution in [-0.2, 0) is 0 Å². The average Bonchev–Trinajstić information content (AvgIpc) is 2.07. The fraction of sp³-hybridized carbons (Fsp3) is 0.429. The van der Waals surface area contributed by atoms with Gasteiger partial charge in [0.05, 0.1) is 6.33 Å². The molecule has 0 saturated heterocycles. The smallest absolute Gasteiger partial charge is 0.266 e. The first-order chi connectivity index (χ1) is 6.11. The lowest BCUT2D eigenvalue weighted by Gasteiger charge is -2.06. The molecule has 72 valence electrons. The first kappa shape index (κ1) is 10.8. The van der Waals surface area contributed by atoms with Crippen LogP contribution in [0.4, 0.5) is 5.82 Å². The third kappa shape index (κ3) is 3.15. The number of hydrogen-bond donors (Lipinski definition) is 2. The van der Waals surface area contributed by atoms with E-state index in [1.807, 2.05) is 29.5 Å². The maximum Gasteiger partial charge on any atom is 0.266 e. The van der Waals surface area contributed by atoms with Crippen LogP contribution in [-0.4, -0.2) is 21.9 Å². The summed E-state index contributed by atoms with van der Waals surface area (Å²) in [5.41, 5.74) is -0.139. The van der Waals surface area contributed by atoms with Crippen molar-refractivity contribution in [1.82, 2.24) is 9.97 Å². The summed E-state index contributed by atoms with van der Waals surface area (Å²) in [6.07, 6.45) is 1.37. The average molecular weight is 314 g/mol. The van der Waals surface area contributed by atoms with Crippen LogP contribution in [0.1, 0.15) is 6.92 Å². The molecule has 0 radical (unpaired) electrons. The molecule has 1 unspecified atom stereocenters. The molecule has 0 aromatic carbocycles. The van der Waals surface area contributed by atoms with E-state index < -0.39 is 0 Å². The van der Waals surface area contributed by atoms with E-state index in [0.29, 0.717) is 15.9 Å². The first-order valence-electron chi connectivity index (χ1n) is 3.72. The predicted molar refractivity (Wildman–Crippen MR) is 61.4 cm³/mol. The molecule has 0 bridgehead atoms. The topological polar surface area (TPSA) is 57.8 Å². The minimum absolute atomic E-state index is 0.0110. The number of rotatable bonds is 3. The molecule has 0 aliphatic heterocycles. The quantitative estimate of drug-likeness (QED) is 0.655. The van der Waals surface area contributed by atoms with E-state index in [0.717, 1.165) is 0 Å². The summed E-state index contributed by atoms with van der Waals surface area (Å²) >= 11 is 7.68. The Balaban J connectivity index is 2.77. The van der Waals surface area contributed by atoms with Gasteiger partial charge >= 0.3 is 0 Å². The van der Waals surface area contributed by atoms with Gasteiger partial charge in [-0.2, -0.15) is 0 Å². The highest BCUT2D eigenvalue weighted by Crippen LogP contribution is 2.08. The molecule has 1 heterocycles. The van der Waals surface area contributed by atoms with Gasteiger partial charge in [-0.25, -0.2) is 4.98 Å². The molecule has 2 N–H and O–H groups in total. The second-order valence-corrected chi connectivity index (χ2v) is 4.38. The van der Waals surface area contributed by atoms with Crippen molar-refractivity contribution in [3.8, 4) is 0 Å². The first-order valence-corrected chi connectivity index (χ1v) is 5.24. The number of nitrogens with one attached hydrogen (secondary N) is 2. The van der Waals surface area contributed by atoms with E-state index in [9.17, 15) is 4.79 Å². The van der Waals surface area contributed by atoms with Crippen molar-refractivity contribution in [3.05, 3.63) is 20.3 Å². The van der Waals surface area contributed by atoms with Crippen molar-refractivity contribution in [3.63, 3.8) is 0 Å². The Morgan fingerprint density at radius 2 is 2.54 bits per heavy atom. The van der Waals surface area contributed by atoms with Crippen LogP contribution in [0.2, 0.25) is 0 Å². The van der Waals surface area contributed by atoms with Gasteiger partial charge in [-0.1, -0.05) is 0 Å². The zero-order valence-electron chi connectivity index (χ0n) is 6.97. The van der Waals surface area contributed by atoms with Crippen molar-refractivity contribution < 1.29 is 0 Å². The van der Waals surface area contributed by atoms with E-state index in [-0.39, 0.29) is 10.9 Å². The monoisotopic (exact) mass is 313 g/mol. The van der Waals surface area contributed by atoms with Crippen molar-refractivity contribution in [2.24, 2.45) is 0 Å². The Kier molecular flexibility index (Phi) is 3.98. The standard InChI is InChI=1S/C7H9ClIN3O/c1-4(8)2-10-6-5(9)7(13)12-3-11-6/h3-4H,2H2,1H3,(H2,10,11,12,13). The summed E-state index contributed by atoms with van der Waals surface area (Å²) < 4.78 is 0.553. The van der Waals surface area contributed by atoms with Crippen molar-refractivity contribution >= 4 is 40.0 Å². The summed E-state index contributed by atoms with van der Waals surface area (Å²) in [5, 5.41) is 2.99. The fourth-order valence-corrected chi connectivity index (χ4v) is 1.31. The van der Waals surface area contributed by atoms with Crippen molar-refractivity contribution in [2.75, 3.05) is 11.9 Å². The highest BCUT2D eigenvalue weighted by Gasteiger charge is 2.04. The molecule has 0 saturated carbocycles. The minimum atomic E-state index is -0.139. The van der Waals surface area contributed by atoms with Gasteiger partial charge in [0, 0.05) is 11.9 Å². The lowest BCUT2D eigenvalue weighted by Crippen LogP contribution is -2.18. The van der Waals surface area contributed by atoms with E-state index >= 15 is 0 Å². The Hall–Kier alpha value is -0.300. The van der Waals surface area contributed by atoms with Gasteiger partial charge < -0.3 is 10.3 Å². The highest BCUT2D eigenvalue weighted by molar-refractivity contribution is 14.1. The number of aromatic amines is 1. The molecule has 1 aromatic heterocycles. The summed E-state index contributed by atoms with van der Waals surface area (Å²) in [6, 6.07) is 0. The molecule has 0 fully saturated rings. The molecule has 4 nitrogen and oxygen atoms in total. The fourth-order valence-electron chi connectivity index (χ4n) is 0.744. The van der Waals surface area contributed by atoms with Gasteiger partial charge in [-0.3, -0.25) is 4.79 Å². The van der Waals surface area contributed by atoms with E-state index in [1.165, 1.54) is 6.33 Å². The van der Waals surface area contributed by atoms with E-state index in [1.54, 1.807) is 0 Å². The van der Waals surface area contributed by atoms with Crippen LogP contribution in [0.3, 0.4) is 0 Å². The number of hydrogen-bond acceptors (Lipinski definition) is 3. The molecule has 0 aliphatic rings. The number of anilines is 1. The number of nitrogens with zero attached hydrogens (tertiary/aromatic N) is 1. The second kappa shape index (κ2) is 4.80. The van der Waals surface area contributed by atoms with Crippen LogP contribution in [0.15, 0.2) is 11.1 Å². The summed E-state index contributed by atoms with van der Waals surface area (Å²) in [4.78, 5) is 17.6. The third-order valence-corrected chi connectivity index (χ3v) is 2.50. The molecule has 0 aliphatic carbocycles. The molecule has 1 atom stereocenters. The Labute approximate surface area is 94.2 Å². The van der Waals surface area contributed by atoms with Gasteiger partial charge in [0.2, 0.25) is 0 Å². The summed E-state index contributed by atoms with van der Waals surface area (Å²) in [5.74, 6) is 0.580. The van der Waals surface area contributed by atoms with Gasteiger partial charge in [-0.15, -0.1) is 11.6 Å². The Morgan fingerprint density at radius 3 is 3.15 bits per heavy atom. The van der Waals surface area contributed by atoms with Crippen molar-refractivity contribution in [1.29, 1.82) is 0 Å².